The molecule has 0 radical (unpaired) electrons. The highest BCUT2D eigenvalue weighted by Gasteiger charge is 2.29. The van der Waals surface area contributed by atoms with Gasteiger partial charge in [-0.05, 0) is 74.0 Å². The summed E-state index contributed by atoms with van der Waals surface area (Å²) in [7, 11) is 0. The number of nitriles is 1. The van der Waals surface area contributed by atoms with E-state index in [1.807, 2.05) is 30.0 Å². The maximum atomic E-state index is 15.8. The lowest BCUT2D eigenvalue weighted by molar-refractivity contribution is -0.144. The molecule has 278 valence electrons. The number of rotatable bonds is 15. The zero-order chi connectivity index (χ0) is 37.3. The molecule has 0 saturated carbocycles. The van der Waals surface area contributed by atoms with Crippen molar-refractivity contribution in [1.29, 1.82) is 5.26 Å². The van der Waals surface area contributed by atoms with Crippen LogP contribution in [0, 0.1) is 24.1 Å². The van der Waals surface area contributed by atoms with Crippen LogP contribution in [0.5, 0.6) is 17.2 Å². The van der Waals surface area contributed by atoms with Gasteiger partial charge in [0.05, 0.1) is 23.3 Å². The number of aliphatic hydroxyl groups is 1. The first-order valence-corrected chi connectivity index (χ1v) is 18.4. The van der Waals surface area contributed by atoms with Crippen LogP contribution < -0.4 is 14.2 Å². The van der Waals surface area contributed by atoms with Gasteiger partial charge in [0.2, 0.25) is 0 Å². The molecule has 2 saturated heterocycles. The number of aromatic nitrogens is 1. The van der Waals surface area contributed by atoms with E-state index in [0.717, 1.165) is 49.9 Å². The van der Waals surface area contributed by atoms with Gasteiger partial charge in [0.1, 0.15) is 36.8 Å². The number of likely N-dealkylation sites (tertiary alicyclic amines) is 2. The molecule has 12 heteroatoms. The number of aliphatic hydroxyl groups excluding tert-OH is 1. The number of carboxylic acids is 1. The van der Waals surface area contributed by atoms with Gasteiger partial charge in [0, 0.05) is 61.3 Å². The first kappa shape index (κ1) is 38.0. The first-order valence-electron chi connectivity index (χ1n) is 18.0. The summed E-state index contributed by atoms with van der Waals surface area (Å²) < 4.78 is 34.2. The molecule has 4 aromatic rings. The standard InChI is InChI=1S/C41H44ClFN4O6/c1-27-30(7-4-8-33(27)34-9-5-11-37(40(34)43)51-16-6-13-46-15-12-32(48)24-46)26-53-39-19-38(52-25-29-17-28(20-44)21-45-22-29)31(18-35(39)42)23-47-14-3-2-10-36(47)41(49)50/h4-5,7-9,11,17-19,21-22,32,36,48H,2-3,6,10,12-16,23-26H2,1H3,(H,49,50). The van der Waals surface area contributed by atoms with Crippen molar-refractivity contribution < 1.29 is 33.6 Å². The number of pyridine rings is 1. The number of hydrogen-bond donors (Lipinski definition) is 2. The summed E-state index contributed by atoms with van der Waals surface area (Å²) in [5.41, 5.74) is 4.64. The van der Waals surface area contributed by atoms with E-state index in [0.29, 0.717) is 77.0 Å². The van der Waals surface area contributed by atoms with E-state index in [2.05, 4.69) is 16.0 Å². The minimum Gasteiger partial charge on any atom is -0.490 e. The number of piperidine rings is 1. The van der Waals surface area contributed by atoms with Crippen molar-refractivity contribution >= 4 is 17.6 Å². The van der Waals surface area contributed by atoms with Crippen LogP contribution in [0.3, 0.4) is 0 Å². The van der Waals surface area contributed by atoms with Crippen LogP contribution >= 0.6 is 11.6 Å². The van der Waals surface area contributed by atoms with Crippen LogP contribution in [0.1, 0.15) is 59.9 Å². The van der Waals surface area contributed by atoms with Crippen molar-refractivity contribution in [2.45, 2.75) is 70.9 Å². The largest absolute Gasteiger partial charge is 0.490 e. The number of halogens is 2. The molecule has 0 aliphatic carbocycles. The van der Waals surface area contributed by atoms with Crippen LogP contribution in [0.25, 0.3) is 11.1 Å². The fourth-order valence-corrected chi connectivity index (χ4v) is 7.26. The number of β-amino-alcohol motifs (C(OH)–C–C–N with tert-alkyl or cyclic N) is 1. The Kier molecular flexibility index (Phi) is 12.8. The lowest BCUT2D eigenvalue weighted by Gasteiger charge is -2.33. The Labute approximate surface area is 314 Å². The Balaban J connectivity index is 1.18. The smallest absolute Gasteiger partial charge is 0.320 e. The summed E-state index contributed by atoms with van der Waals surface area (Å²) in [6, 6.07) is 17.5. The number of ether oxygens (including phenoxy) is 3. The molecule has 0 amide bonds. The maximum absolute atomic E-state index is 15.8. The molecule has 2 atom stereocenters. The molecule has 2 aliphatic heterocycles. The van der Waals surface area contributed by atoms with Gasteiger partial charge in [-0.1, -0.05) is 48.4 Å². The fourth-order valence-electron chi connectivity index (χ4n) is 7.01. The second-order valence-electron chi connectivity index (χ2n) is 13.6. The molecule has 2 fully saturated rings. The van der Waals surface area contributed by atoms with Gasteiger partial charge in [-0.15, -0.1) is 0 Å². The highest BCUT2D eigenvalue weighted by atomic mass is 35.5. The predicted molar refractivity (Wildman–Crippen MR) is 199 cm³/mol. The van der Waals surface area contributed by atoms with Crippen LogP contribution in [0.15, 0.2) is 67.0 Å². The van der Waals surface area contributed by atoms with E-state index in [-0.39, 0.29) is 25.1 Å². The van der Waals surface area contributed by atoms with Gasteiger partial charge >= 0.3 is 5.97 Å². The number of carbonyl (C=O) groups is 1. The lowest BCUT2D eigenvalue weighted by atomic mass is 9.96. The normalized spacial score (nSPS) is 17.7. The number of benzene rings is 3. The topological polar surface area (TPSA) is 128 Å². The summed E-state index contributed by atoms with van der Waals surface area (Å²) in [4.78, 5) is 20.3. The van der Waals surface area contributed by atoms with Crippen molar-refractivity contribution in [3.8, 4) is 34.4 Å². The monoisotopic (exact) mass is 742 g/mol. The van der Waals surface area contributed by atoms with Gasteiger partial charge in [0.25, 0.3) is 0 Å². The van der Waals surface area contributed by atoms with E-state index in [1.165, 1.54) is 6.20 Å². The van der Waals surface area contributed by atoms with Gasteiger partial charge < -0.3 is 29.3 Å². The highest BCUT2D eigenvalue weighted by Crippen LogP contribution is 2.37. The third kappa shape index (κ3) is 9.64. The molecule has 3 heterocycles. The first-order chi connectivity index (χ1) is 25.7. The number of nitrogens with zero attached hydrogens (tertiary/aromatic N) is 4. The van der Waals surface area contributed by atoms with Gasteiger partial charge in [-0.3, -0.25) is 14.7 Å². The van der Waals surface area contributed by atoms with Crippen molar-refractivity contribution in [2.24, 2.45) is 0 Å². The Bertz CT molecular complexity index is 1950. The Hall–Kier alpha value is -4.73. The SMILES string of the molecule is Cc1c(COc2cc(OCc3cncc(C#N)c3)c(CN3CCCCC3C(=O)O)cc2Cl)cccc1-c1cccc(OCCCN2CCC(O)C2)c1F. The molecule has 2 aliphatic rings. The average molecular weight is 743 g/mol. The summed E-state index contributed by atoms with van der Waals surface area (Å²) in [6.45, 7) is 5.83. The van der Waals surface area contributed by atoms with Crippen molar-refractivity contribution in [1.82, 2.24) is 14.8 Å². The predicted octanol–water partition coefficient (Wildman–Crippen LogP) is 7.15. The van der Waals surface area contributed by atoms with Crippen LogP contribution in [-0.2, 0) is 24.6 Å². The van der Waals surface area contributed by atoms with Crippen molar-refractivity contribution in [2.75, 3.05) is 32.8 Å². The highest BCUT2D eigenvalue weighted by molar-refractivity contribution is 6.32. The molecule has 2 unspecified atom stereocenters. The maximum Gasteiger partial charge on any atom is 0.320 e. The zero-order valence-electron chi connectivity index (χ0n) is 29.8. The van der Waals surface area contributed by atoms with E-state index >= 15 is 4.39 Å². The molecule has 6 rings (SSSR count). The molecule has 10 nitrogen and oxygen atoms in total. The zero-order valence-corrected chi connectivity index (χ0v) is 30.5. The van der Waals surface area contributed by atoms with Gasteiger partial charge in [-0.2, -0.15) is 5.26 Å². The van der Waals surface area contributed by atoms with Crippen molar-refractivity contribution in [3.05, 3.63) is 106 Å². The number of hydrogen-bond acceptors (Lipinski definition) is 9. The molecular weight excluding hydrogens is 699 g/mol. The van der Waals surface area contributed by atoms with E-state index < -0.39 is 17.8 Å². The Morgan fingerprint density at radius 3 is 2.58 bits per heavy atom. The Morgan fingerprint density at radius 2 is 1.79 bits per heavy atom. The summed E-state index contributed by atoms with van der Waals surface area (Å²) >= 11 is 6.80. The second-order valence-corrected chi connectivity index (χ2v) is 14.0. The van der Waals surface area contributed by atoms with Crippen LogP contribution in [-0.4, -0.2) is 75.9 Å². The molecule has 53 heavy (non-hydrogen) atoms. The molecule has 2 N–H and O–H groups in total. The van der Waals surface area contributed by atoms with E-state index in [9.17, 15) is 20.3 Å². The fraction of sp³-hybridized carbons (Fsp3) is 0.390. The van der Waals surface area contributed by atoms with E-state index in [1.54, 1.807) is 42.6 Å². The molecule has 0 spiro atoms. The van der Waals surface area contributed by atoms with Gasteiger partial charge in [0.15, 0.2) is 11.6 Å². The average Bonchev–Trinajstić information content (AvgIpc) is 3.58. The van der Waals surface area contributed by atoms with Crippen LogP contribution in [0.4, 0.5) is 4.39 Å². The minimum atomic E-state index is -0.857. The van der Waals surface area contributed by atoms with Gasteiger partial charge in [-0.25, -0.2) is 4.39 Å². The third-order valence-electron chi connectivity index (χ3n) is 9.91. The summed E-state index contributed by atoms with van der Waals surface area (Å²) in [6.07, 6.45) is 6.66. The third-order valence-corrected chi connectivity index (χ3v) is 10.2. The minimum absolute atomic E-state index is 0.122. The molecule has 1 aromatic heterocycles. The Morgan fingerprint density at radius 1 is 0.981 bits per heavy atom. The lowest BCUT2D eigenvalue weighted by Crippen LogP contribution is -2.44. The quantitative estimate of drug-likeness (QED) is 0.121. The van der Waals surface area contributed by atoms with E-state index in [4.69, 9.17) is 25.8 Å². The van der Waals surface area contributed by atoms with Crippen molar-refractivity contribution in [3.63, 3.8) is 0 Å². The molecule has 3 aromatic carbocycles. The molecule has 0 bridgehead atoms. The van der Waals surface area contributed by atoms with Crippen LogP contribution in [0.2, 0.25) is 5.02 Å². The second kappa shape index (κ2) is 17.9. The summed E-state index contributed by atoms with van der Waals surface area (Å²) in [5, 5.41) is 29.3. The molecular formula is C41H44ClFN4O6. The summed E-state index contributed by atoms with van der Waals surface area (Å²) in [5.74, 6) is -0.246. The number of carboxylic acid groups (broad SMARTS) is 1. The number of aliphatic carboxylic acids is 1.